The molecule has 1 aromatic heterocycles. The lowest BCUT2D eigenvalue weighted by atomic mass is 10.2. The van der Waals surface area contributed by atoms with Crippen LogP contribution < -0.4 is 20.9 Å². The van der Waals surface area contributed by atoms with Crippen LogP contribution in [0.25, 0.3) is 10.9 Å². The van der Waals surface area contributed by atoms with E-state index in [9.17, 15) is 9.59 Å². The minimum Gasteiger partial charge on any atom is -0.444 e. The molecular weight excluding hydrogens is 514 g/mol. The van der Waals surface area contributed by atoms with Gasteiger partial charge in [0, 0.05) is 50.3 Å². The van der Waals surface area contributed by atoms with Gasteiger partial charge in [-0.15, -0.1) is 0 Å². The lowest BCUT2D eigenvalue weighted by molar-refractivity contribution is -0.133. The van der Waals surface area contributed by atoms with E-state index < -0.39 is 17.7 Å². The number of ether oxygens (including phenoxy) is 1. The van der Waals surface area contributed by atoms with E-state index in [1.807, 2.05) is 24.3 Å². The Balaban J connectivity index is 1.51. The number of aromatic nitrogens is 1. The molecule has 214 valence electrons. The molecule has 10 nitrogen and oxygen atoms in total. The molecule has 1 aliphatic heterocycles. The smallest absolute Gasteiger partial charge is 0.408 e. The van der Waals surface area contributed by atoms with Gasteiger partial charge in [-0.1, -0.05) is 13.8 Å². The Bertz CT molecular complexity index is 1140. The van der Waals surface area contributed by atoms with E-state index in [1.54, 1.807) is 32.6 Å². The second-order valence-electron chi connectivity index (χ2n) is 10.7. The highest BCUT2D eigenvalue weighted by molar-refractivity contribution is 7.80. The first kappa shape index (κ1) is 30.4. The van der Waals surface area contributed by atoms with Gasteiger partial charge in [0.2, 0.25) is 5.91 Å². The minimum absolute atomic E-state index is 0.118. The van der Waals surface area contributed by atoms with Gasteiger partial charge >= 0.3 is 6.09 Å². The van der Waals surface area contributed by atoms with E-state index >= 15 is 0 Å². The van der Waals surface area contributed by atoms with Crippen molar-refractivity contribution in [3.63, 3.8) is 0 Å². The molecule has 1 fully saturated rings. The maximum absolute atomic E-state index is 12.8. The molecule has 0 radical (unpaired) electrons. The molecule has 0 bridgehead atoms. The number of alkyl carbamates (subject to hydrolysis) is 1. The average Bonchev–Trinajstić information content (AvgIpc) is 2.89. The van der Waals surface area contributed by atoms with Crippen LogP contribution in [0, 0.1) is 0 Å². The number of hydrogen-bond acceptors (Lipinski definition) is 7. The summed E-state index contributed by atoms with van der Waals surface area (Å²) >= 11 is 5.46. The van der Waals surface area contributed by atoms with Crippen LogP contribution in [0.3, 0.4) is 0 Å². The lowest BCUT2D eigenvalue weighted by Crippen LogP contribution is -2.54. The van der Waals surface area contributed by atoms with E-state index in [4.69, 9.17) is 21.9 Å². The van der Waals surface area contributed by atoms with E-state index in [-0.39, 0.29) is 5.91 Å². The number of fused-ring (bicyclic) bond motifs is 1. The molecular formula is C28H43N7O3S. The number of piperazine rings is 1. The van der Waals surface area contributed by atoms with Crippen molar-refractivity contribution >= 4 is 51.7 Å². The summed E-state index contributed by atoms with van der Waals surface area (Å²) in [6, 6.07) is 9.43. The van der Waals surface area contributed by atoms with Crippen molar-refractivity contribution in [3.05, 3.63) is 30.3 Å². The van der Waals surface area contributed by atoms with Gasteiger partial charge in [0.25, 0.3) is 0 Å². The summed E-state index contributed by atoms with van der Waals surface area (Å²) in [5, 5.41) is 10.8. The second kappa shape index (κ2) is 13.7. The van der Waals surface area contributed by atoms with Gasteiger partial charge in [0.15, 0.2) is 5.11 Å². The van der Waals surface area contributed by atoms with Crippen molar-refractivity contribution < 1.29 is 14.3 Å². The van der Waals surface area contributed by atoms with Crippen LogP contribution in [0.4, 0.5) is 16.3 Å². The molecule has 2 aromatic rings. The summed E-state index contributed by atoms with van der Waals surface area (Å²) in [7, 11) is 0. The maximum atomic E-state index is 12.8. The van der Waals surface area contributed by atoms with Crippen LogP contribution in [0.15, 0.2) is 30.3 Å². The molecule has 3 N–H and O–H groups in total. The third kappa shape index (κ3) is 9.21. The van der Waals surface area contributed by atoms with Gasteiger partial charge in [-0.3, -0.25) is 4.79 Å². The number of carbonyl (C=O) groups is 2. The molecule has 0 aliphatic carbocycles. The molecule has 39 heavy (non-hydrogen) atoms. The lowest BCUT2D eigenvalue weighted by Gasteiger charge is -2.36. The zero-order chi connectivity index (χ0) is 28.6. The standard InChI is InChI=1S/C28H43N7O3S/c1-7-33(8-2)14-13-29-26(39)31-22-10-11-23-21(19-22)9-12-24(32-23)34-15-17-35(18-16-34)25(36)20(3)30-27(37)38-28(4,5)6/h9-12,19-20H,7-8,13-18H2,1-6H3,(H,30,37)(H2,29,31,39)/t20-/m0/s1. The van der Waals surface area contributed by atoms with Gasteiger partial charge in [0.05, 0.1) is 5.52 Å². The van der Waals surface area contributed by atoms with Crippen LogP contribution in [-0.2, 0) is 9.53 Å². The van der Waals surface area contributed by atoms with Crippen LogP contribution in [0.1, 0.15) is 41.5 Å². The molecule has 2 heterocycles. The molecule has 1 aromatic carbocycles. The van der Waals surface area contributed by atoms with Crippen molar-refractivity contribution in [1.29, 1.82) is 0 Å². The van der Waals surface area contributed by atoms with Gasteiger partial charge in [-0.25, -0.2) is 9.78 Å². The Hall–Kier alpha value is -3.18. The highest BCUT2D eigenvalue weighted by Crippen LogP contribution is 2.22. The van der Waals surface area contributed by atoms with Crippen LogP contribution >= 0.6 is 12.2 Å². The maximum Gasteiger partial charge on any atom is 0.408 e. The fraction of sp³-hybridized carbons (Fsp3) is 0.571. The van der Waals surface area contributed by atoms with Gasteiger partial charge in [-0.2, -0.15) is 0 Å². The van der Waals surface area contributed by atoms with Crippen molar-refractivity contribution in [2.75, 3.05) is 62.6 Å². The number of thiocarbonyl (C=S) groups is 1. The molecule has 3 rings (SSSR count). The predicted molar refractivity (Wildman–Crippen MR) is 161 cm³/mol. The van der Waals surface area contributed by atoms with Crippen molar-refractivity contribution in [2.45, 2.75) is 53.2 Å². The number of carbonyl (C=O) groups excluding carboxylic acids is 2. The second-order valence-corrected chi connectivity index (χ2v) is 11.1. The number of nitrogens with zero attached hydrogens (tertiary/aromatic N) is 4. The quantitative estimate of drug-likeness (QED) is 0.400. The Morgan fingerprint density at radius 2 is 1.79 bits per heavy atom. The number of rotatable bonds is 9. The average molecular weight is 558 g/mol. The van der Waals surface area contributed by atoms with Crippen LogP contribution in [0.2, 0.25) is 0 Å². The summed E-state index contributed by atoms with van der Waals surface area (Å²) in [6.07, 6.45) is -0.589. The summed E-state index contributed by atoms with van der Waals surface area (Å²) in [5.74, 6) is 0.760. The third-order valence-electron chi connectivity index (χ3n) is 6.56. The van der Waals surface area contributed by atoms with Crippen LogP contribution in [-0.4, -0.2) is 95.9 Å². The number of benzene rings is 1. The predicted octanol–water partition coefficient (Wildman–Crippen LogP) is 3.42. The van der Waals surface area contributed by atoms with E-state index in [2.05, 4.69) is 45.7 Å². The monoisotopic (exact) mass is 557 g/mol. The number of hydrogen-bond donors (Lipinski definition) is 3. The minimum atomic E-state index is -0.654. The molecule has 1 saturated heterocycles. The van der Waals surface area contributed by atoms with E-state index in [0.29, 0.717) is 31.3 Å². The third-order valence-corrected chi connectivity index (χ3v) is 6.81. The summed E-state index contributed by atoms with van der Waals surface area (Å²) in [4.78, 5) is 36.0. The first-order chi connectivity index (χ1) is 18.5. The summed E-state index contributed by atoms with van der Waals surface area (Å²) < 4.78 is 5.26. The molecule has 1 aliphatic rings. The fourth-order valence-electron chi connectivity index (χ4n) is 4.39. The first-order valence-electron chi connectivity index (χ1n) is 13.7. The largest absolute Gasteiger partial charge is 0.444 e. The normalized spacial score (nSPS) is 14.7. The van der Waals surface area contributed by atoms with Crippen molar-refractivity contribution in [1.82, 2.24) is 25.4 Å². The number of anilines is 2. The highest BCUT2D eigenvalue weighted by atomic mass is 32.1. The number of amides is 2. The molecule has 0 unspecified atom stereocenters. The van der Waals surface area contributed by atoms with Gasteiger partial charge in [-0.05, 0) is 83.3 Å². The zero-order valence-electron chi connectivity index (χ0n) is 24.0. The summed E-state index contributed by atoms with van der Waals surface area (Å²) in [6.45, 7) is 17.6. The number of likely N-dealkylation sites (N-methyl/N-ethyl adjacent to an activating group) is 1. The van der Waals surface area contributed by atoms with Gasteiger partial charge < -0.3 is 35.4 Å². The van der Waals surface area contributed by atoms with Crippen molar-refractivity contribution in [3.8, 4) is 0 Å². The SMILES string of the molecule is CCN(CC)CCNC(=S)Nc1ccc2nc(N3CCN(C(=O)[C@H](C)NC(=O)OC(C)(C)C)CC3)ccc2c1. The van der Waals surface area contributed by atoms with E-state index in [1.165, 1.54) is 0 Å². The Morgan fingerprint density at radius 1 is 1.10 bits per heavy atom. The Kier molecular flexibility index (Phi) is 10.7. The zero-order valence-corrected chi connectivity index (χ0v) is 24.9. The highest BCUT2D eigenvalue weighted by Gasteiger charge is 2.27. The topological polar surface area (TPSA) is 102 Å². The molecule has 2 amide bonds. The Morgan fingerprint density at radius 3 is 2.44 bits per heavy atom. The van der Waals surface area contributed by atoms with Crippen LogP contribution in [0.5, 0.6) is 0 Å². The van der Waals surface area contributed by atoms with Gasteiger partial charge in [0.1, 0.15) is 17.5 Å². The molecule has 11 heteroatoms. The molecule has 0 saturated carbocycles. The first-order valence-corrected chi connectivity index (χ1v) is 14.1. The van der Waals surface area contributed by atoms with E-state index in [0.717, 1.165) is 48.6 Å². The van der Waals surface area contributed by atoms with Crippen molar-refractivity contribution in [2.24, 2.45) is 0 Å². The Labute approximate surface area is 237 Å². The molecule has 0 spiro atoms. The number of nitrogens with one attached hydrogen (secondary N) is 3. The fourth-order valence-corrected chi connectivity index (χ4v) is 4.61. The molecule has 1 atom stereocenters. The number of pyridine rings is 1. The summed E-state index contributed by atoms with van der Waals surface area (Å²) in [5.41, 5.74) is 1.20.